The van der Waals surface area contributed by atoms with Gasteiger partial charge in [0.25, 0.3) is 0 Å². The van der Waals surface area contributed by atoms with Gasteiger partial charge in [0.15, 0.2) is 0 Å². The summed E-state index contributed by atoms with van der Waals surface area (Å²) in [5, 5.41) is 0. The molecule has 0 aliphatic rings. The summed E-state index contributed by atoms with van der Waals surface area (Å²) in [6, 6.07) is 20.3. The number of rotatable bonds is 6. The van der Waals surface area contributed by atoms with Crippen molar-refractivity contribution in [2.24, 2.45) is 9.98 Å². The highest BCUT2D eigenvalue weighted by Crippen LogP contribution is 2.16. The fourth-order valence-electron chi connectivity index (χ4n) is 2.09. The van der Waals surface area contributed by atoms with Crippen molar-refractivity contribution < 1.29 is 0 Å². The van der Waals surface area contributed by atoms with Crippen LogP contribution in [0.5, 0.6) is 0 Å². The van der Waals surface area contributed by atoms with Crippen molar-refractivity contribution in [2.75, 3.05) is 0 Å². The maximum atomic E-state index is 4.74. The fourth-order valence-corrected chi connectivity index (χ4v) is 2.09. The van der Waals surface area contributed by atoms with E-state index in [1.54, 1.807) is 0 Å². The first kappa shape index (κ1) is 15.2. The summed E-state index contributed by atoms with van der Waals surface area (Å²) in [6.45, 7) is 4.30. The van der Waals surface area contributed by atoms with Gasteiger partial charge in [-0.15, -0.1) is 0 Å². The lowest BCUT2D eigenvalue weighted by Crippen LogP contribution is -2.06. The second kappa shape index (κ2) is 8.15. The van der Waals surface area contributed by atoms with Gasteiger partial charge in [-0.25, -0.2) is 0 Å². The molecular weight excluding hydrogens is 256 g/mol. The Labute approximate surface area is 127 Å². The third kappa shape index (κ3) is 4.99. The highest BCUT2D eigenvalue weighted by Gasteiger charge is 2.03. The summed E-state index contributed by atoms with van der Waals surface area (Å²) in [4.78, 5) is 9.48. The lowest BCUT2D eigenvalue weighted by Gasteiger charge is -2.07. The number of aliphatic imine (C=N–C) groups is 2. The molecule has 0 aliphatic carbocycles. The van der Waals surface area contributed by atoms with Crippen LogP contribution in [0, 0.1) is 0 Å². The number of para-hydroxylation sites is 2. The molecule has 21 heavy (non-hydrogen) atoms. The van der Waals surface area contributed by atoms with E-state index < -0.39 is 0 Å². The summed E-state index contributed by atoms with van der Waals surface area (Å²) in [7, 11) is 0. The predicted molar refractivity (Wildman–Crippen MR) is 92.3 cm³/mol. The molecule has 0 saturated carbocycles. The zero-order chi connectivity index (χ0) is 14.9. The predicted octanol–water partition coefficient (Wildman–Crippen LogP) is 5.74. The molecule has 0 unspecified atom stereocenters. The van der Waals surface area contributed by atoms with Gasteiger partial charge < -0.3 is 0 Å². The van der Waals surface area contributed by atoms with Crippen molar-refractivity contribution in [2.45, 2.75) is 33.1 Å². The molecule has 2 aromatic rings. The maximum Gasteiger partial charge on any atom is 0.0629 e. The van der Waals surface area contributed by atoms with Crippen LogP contribution < -0.4 is 0 Å². The van der Waals surface area contributed by atoms with Crippen LogP contribution in [0.25, 0.3) is 0 Å². The molecule has 0 radical (unpaired) electrons. The molecular formula is C19H22N2. The lowest BCUT2D eigenvalue weighted by molar-refractivity contribution is 1.17. The van der Waals surface area contributed by atoms with Crippen molar-refractivity contribution in [1.29, 1.82) is 0 Å². The quantitative estimate of drug-likeness (QED) is 0.602. The van der Waals surface area contributed by atoms with E-state index in [0.29, 0.717) is 0 Å². The van der Waals surface area contributed by atoms with Crippen molar-refractivity contribution in [3.8, 4) is 0 Å². The Bertz CT molecular complexity index is 542. The molecule has 2 aromatic carbocycles. The van der Waals surface area contributed by atoms with Crippen molar-refractivity contribution in [3.05, 3.63) is 60.7 Å². The molecule has 2 nitrogen and oxygen atoms in total. The second-order valence-electron chi connectivity index (χ2n) is 4.91. The van der Waals surface area contributed by atoms with Crippen LogP contribution in [0.3, 0.4) is 0 Å². The molecule has 0 fully saturated rings. The van der Waals surface area contributed by atoms with E-state index in [0.717, 1.165) is 30.6 Å². The molecule has 0 heterocycles. The number of nitrogens with zero attached hydrogens (tertiary/aromatic N) is 2. The Hall–Kier alpha value is -2.22. The van der Waals surface area contributed by atoms with Crippen LogP contribution in [0.15, 0.2) is 70.6 Å². The first-order valence-electron chi connectivity index (χ1n) is 7.54. The first-order valence-corrected chi connectivity index (χ1v) is 7.54. The van der Waals surface area contributed by atoms with Crippen LogP contribution in [0.4, 0.5) is 11.4 Å². The molecule has 0 spiro atoms. The summed E-state index contributed by atoms with van der Waals surface area (Å²) < 4.78 is 0. The standard InChI is InChI=1S/C19H22N2/c1-3-16(20-18-11-7-5-8-12-18)15-17(4-2)21-19-13-9-6-10-14-19/h5-14H,3-4,15H2,1-2H3. The Morgan fingerprint density at radius 1 is 0.667 bits per heavy atom. The van der Waals surface area contributed by atoms with E-state index in [1.165, 1.54) is 11.4 Å². The van der Waals surface area contributed by atoms with Crippen molar-refractivity contribution in [3.63, 3.8) is 0 Å². The Morgan fingerprint density at radius 2 is 1.05 bits per heavy atom. The van der Waals surface area contributed by atoms with Crippen molar-refractivity contribution in [1.82, 2.24) is 0 Å². The number of hydrogen-bond donors (Lipinski definition) is 0. The highest BCUT2D eigenvalue weighted by atomic mass is 14.8. The molecule has 0 saturated heterocycles. The van der Waals surface area contributed by atoms with Gasteiger partial charge in [0.1, 0.15) is 0 Å². The molecule has 0 amide bonds. The molecule has 0 N–H and O–H groups in total. The highest BCUT2D eigenvalue weighted by molar-refractivity contribution is 6.05. The molecule has 0 atom stereocenters. The third-order valence-electron chi connectivity index (χ3n) is 3.31. The third-order valence-corrected chi connectivity index (χ3v) is 3.31. The Balaban J connectivity index is 2.16. The normalized spacial score (nSPS) is 12.5. The summed E-state index contributed by atoms with van der Waals surface area (Å²) in [5.41, 5.74) is 4.39. The second-order valence-corrected chi connectivity index (χ2v) is 4.91. The molecule has 108 valence electrons. The largest absolute Gasteiger partial charge is 0.257 e. The molecule has 2 heteroatoms. The minimum absolute atomic E-state index is 0.844. The average molecular weight is 278 g/mol. The maximum absolute atomic E-state index is 4.74. The van der Waals surface area contributed by atoms with E-state index in [1.807, 2.05) is 60.7 Å². The zero-order valence-corrected chi connectivity index (χ0v) is 12.8. The number of benzene rings is 2. The average Bonchev–Trinajstić information content (AvgIpc) is 2.55. The van der Waals surface area contributed by atoms with Gasteiger partial charge in [-0.3, -0.25) is 9.98 Å². The van der Waals surface area contributed by atoms with Gasteiger partial charge in [0.05, 0.1) is 11.4 Å². The van der Waals surface area contributed by atoms with Gasteiger partial charge in [0.2, 0.25) is 0 Å². The minimum atomic E-state index is 0.844. The molecule has 0 aliphatic heterocycles. The van der Waals surface area contributed by atoms with E-state index >= 15 is 0 Å². The molecule has 2 rings (SSSR count). The van der Waals surface area contributed by atoms with Gasteiger partial charge in [0, 0.05) is 17.8 Å². The van der Waals surface area contributed by atoms with Crippen LogP contribution in [-0.4, -0.2) is 11.4 Å². The van der Waals surface area contributed by atoms with Crippen LogP contribution >= 0.6 is 0 Å². The topological polar surface area (TPSA) is 24.7 Å². The monoisotopic (exact) mass is 278 g/mol. The van der Waals surface area contributed by atoms with Crippen molar-refractivity contribution >= 4 is 22.8 Å². The van der Waals surface area contributed by atoms with Gasteiger partial charge >= 0.3 is 0 Å². The molecule has 0 bridgehead atoms. The smallest absolute Gasteiger partial charge is 0.0629 e. The van der Waals surface area contributed by atoms with Gasteiger partial charge in [-0.05, 0) is 37.1 Å². The minimum Gasteiger partial charge on any atom is -0.257 e. The zero-order valence-electron chi connectivity index (χ0n) is 12.8. The van der Waals surface area contributed by atoms with E-state index in [9.17, 15) is 0 Å². The van der Waals surface area contributed by atoms with Crippen LogP contribution in [0.2, 0.25) is 0 Å². The Morgan fingerprint density at radius 3 is 1.38 bits per heavy atom. The summed E-state index contributed by atoms with van der Waals surface area (Å²) in [6.07, 6.45) is 2.74. The fraction of sp³-hybridized carbons (Fsp3) is 0.263. The Kier molecular flexibility index (Phi) is 5.89. The van der Waals surface area contributed by atoms with E-state index in [2.05, 4.69) is 13.8 Å². The van der Waals surface area contributed by atoms with Gasteiger partial charge in [-0.2, -0.15) is 0 Å². The lowest BCUT2D eigenvalue weighted by atomic mass is 10.1. The number of hydrogen-bond acceptors (Lipinski definition) is 2. The molecule has 0 aromatic heterocycles. The first-order chi connectivity index (χ1) is 10.3. The van der Waals surface area contributed by atoms with E-state index in [4.69, 9.17) is 9.98 Å². The SMILES string of the molecule is CCC(CC(CC)=Nc1ccccc1)=Nc1ccccc1. The van der Waals surface area contributed by atoms with Crippen LogP contribution in [-0.2, 0) is 0 Å². The van der Waals surface area contributed by atoms with Crippen LogP contribution in [0.1, 0.15) is 33.1 Å². The summed E-state index contributed by atoms with van der Waals surface area (Å²) in [5.74, 6) is 0. The van der Waals surface area contributed by atoms with E-state index in [-0.39, 0.29) is 0 Å². The summed E-state index contributed by atoms with van der Waals surface area (Å²) >= 11 is 0. The van der Waals surface area contributed by atoms with Gasteiger partial charge in [-0.1, -0.05) is 50.2 Å².